The maximum absolute atomic E-state index is 15.9. The van der Waals surface area contributed by atoms with Crippen LogP contribution < -0.4 is 10.6 Å². The number of fused-ring (bicyclic) bond motifs is 1. The molecular weight excluding hydrogens is 519 g/mol. The Hall–Kier alpha value is -4.16. The first-order valence-corrected chi connectivity index (χ1v) is 13.0. The molecule has 1 fully saturated rings. The molecule has 210 valence electrons. The maximum Gasteiger partial charge on any atom is 0.306 e. The monoisotopic (exact) mass is 550 g/mol. The molecule has 2 aliphatic rings. The standard InChI is InChI=1S/C28H31FN6O5/c1-28(29)23(38)19(15-39-21(37)14-18-11-7-4-8-12-18)40-26(28)35-16-31-22-24(30-2)33-27(34-25(22)35)32-20(36)13-17-9-5-3-6-10-17/h3-11,16,18-19,23,26,38H,12-15H2,1-2H3,(H2,30,32,33,34,36)/t18?,19-,23-,26-,28-/m1/s1. The highest BCUT2D eigenvalue weighted by molar-refractivity contribution is 5.92. The van der Waals surface area contributed by atoms with Crippen LogP contribution in [0.25, 0.3) is 11.2 Å². The van der Waals surface area contributed by atoms with Crippen molar-refractivity contribution < 1.29 is 28.6 Å². The summed E-state index contributed by atoms with van der Waals surface area (Å²) in [5, 5.41) is 16.3. The SMILES string of the molecule is CNc1nc(NC(=O)Cc2ccccc2)nc2c1ncn2[C@@H]1O[C@H](COC(=O)CC2C=CC=CC2)[C@@H](O)[C@@]1(C)F. The number of aliphatic hydroxyl groups is 1. The van der Waals surface area contributed by atoms with Gasteiger partial charge in [-0.05, 0) is 24.8 Å². The molecule has 0 radical (unpaired) electrons. The molecule has 12 heteroatoms. The van der Waals surface area contributed by atoms with E-state index in [4.69, 9.17) is 9.47 Å². The number of hydrogen-bond acceptors (Lipinski definition) is 9. The van der Waals surface area contributed by atoms with Crippen molar-refractivity contribution >= 4 is 34.8 Å². The molecule has 1 saturated heterocycles. The summed E-state index contributed by atoms with van der Waals surface area (Å²) in [6, 6.07) is 9.21. The van der Waals surface area contributed by atoms with E-state index in [2.05, 4.69) is 25.6 Å². The number of aliphatic hydroxyl groups excluding tert-OH is 1. The van der Waals surface area contributed by atoms with Gasteiger partial charge in [-0.1, -0.05) is 54.6 Å². The second-order valence-corrected chi connectivity index (χ2v) is 10.00. The molecule has 5 atom stereocenters. The number of anilines is 2. The molecule has 1 aliphatic carbocycles. The Morgan fingerprint density at radius 1 is 1.25 bits per heavy atom. The Kier molecular flexibility index (Phi) is 7.90. The summed E-state index contributed by atoms with van der Waals surface area (Å²) >= 11 is 0. The van der Waals surface area contributed by atoms with Gasteiger partial charge in [-0.2, -0.15) is 9.97 Å². The van der Waals surface area contributed by atoms with Crippen LogP contribution in [-0.2, 0) is 25.5 Å². The summed E-state index contributed by atoms with van der Waals surface area (Å²) in [5.41, 5.74) is -0.948. The molecular formula is C28H31FN6O5. The first-order chi connectivity index (χ1) is 19.3. The lowest BCUT2D eigenvalue weighted by Gasteiger charge is -2.24. The van der Waals surface area contributed by atoms with E-state index in [-0.39, 0.29) is 42.9 Å². The van der Waals surface area contributed by atoms with Gasteiger partial charge in [-0.3, -0.25) is 19.5 Å². The summed E-state index contributed by atoms with van der Waals surface area (Å²) in [5.74, 6) is -0.444. The molecule has 3 aromatic rings. The number of ether oxygens (including phenoxy) is 2. The van der Waals surface area contributed by atoms with Gasteiger partial charge in [-0.15, -0.1) is 0 Å². The number of halogens is 1. The fourth-order valence-electron chi connectivity index (χ4n) is 4.85. The normalized spacial score (nSPS) is 25.7. The number of esters is 1. The highest BCUT2D eigenvalue weighted by Crippen LogP contribution is 2.43. The summed E-state index contributed by atoms with van der Waals surface area (Å²) in [6.07, 6.45) is 6.02. The molecule has 0 spiro atoms. The molecule has 11 nitrogen and oxygen atoms in total. The number of nitrogens with one attached hydrogen (secondary N) is 2. The minimum absolute atomic E-state index is 0.00396. The zero-order valence-electron chi connectivity index (χ0n) is 22.2. The van der Waals surface area contributed by atoms with E-state index >= 15 is 4.39 Å². The number of hydrogen-bond donors (Lipinski definition) is 3. The van der Waals surface area contributed by atoms with Crippen LogP contribution in [0.2, 0.25) is 0 Å². The van der Waals surface area contributed by atoms with E-state index in [0.29, 0.717) is 11.3 Å². The number of rotatable bonds is 9. The first-order valence-electron chi connectivity index (χ1n) is 13.0. The average molecular weight is 551 g/mol. The largest absolute Gasteiger partial charge is 0.463 e. The molecule has 3 heterocycles. The van der Waals surface area contributed by atoms with Gasteiger partial charge in [0, 0.05) is 7.05 Å². The van der Waals surface area contributed by atoms with Crippen LogP contribution in [0, 0.1) is 5.92 Å². The third kappa shape index (κ3) is 5.73. The minimum Gasteiger partial charge on any atom is -0.463 e. The van der Waals surface area contributed by atoms with Crippen molar-refractivity contribution in [1.82, 2.24) is 19.5 Å². The van der Waals surface area contributed by atoms with Crippen molar-refractivity contribution in [2.45, 2.75) is 50.3 Å². The number of alkyl halides is 1. The lowest BCUT2D eigenvalue weighted by molar-refractivity contribution is -0.150. The lowest BCUT2D eigenvalue weighted by Crippen LogP contribution is -2.41. The number of benzene rings is 1. The Morgan fingerprint density at radius 3 is 2.77 bits per heavy atom. The Balaban J connectivity index is 1.32. The summed E-state index contributed by atoms with van der Waals surface area (Å²) in [4.78, 5) is 38.0. The molecule has 2 aromatic heterocycles. The van der Waals surface area contributed by atoms with E-state index < -0.39 is 30.1 Å². The zero-order valence-corrected chi connectivity index (χ0v) is 22.2. The molecule has 1 amide bonds. The van der Waals surface area contributed by atoms with Crippen molar-refractivity contribution in [3.05, 3.63) is 66.5 Å². The van der Waals surface area contributed by atoms with Crippen molar-refractivity contribution in [3.63, 3.8) is 0 Å². The van der Waals surface area contributed by atoms with Crippen LogP contribution in [0.5, 0.6) is 0 Å². The van der Waals surface area contributed by atoms with Gasteiger partial charge in [-0.25, -0.2) is 9.37 Å². The van der Waals surface area contributed by atoms with Crippen molar-refractivity contribution in [2.75, 3.05) is 24.3 Å². The second-order valence-electron chi connectivity index (χ2n) is 10.00. The third-order valence-corrected chi connectivity index (χ3v) is 6.99. The predicted octanol–water partition coefficient (Wildman–Crippen LogP) is 3.10. The predicted molar refractivity (Wildman–Crippen MR) is 145 cm³/mol. The van der Waals surface area contributed by atoms with Crippen LogP contribution >= 0.6 is 0 Å². The molecule has 40 heavy (non-hydrogen) atoms. The number of carbonyl (C=O) groups excluding carboxylic acids is 2. The van der Waals surface area contributed by atoms with E-state index in [0.717, 1.165) is 12.0 Å². The second kappa shape index (κ2) is 11.5. The molecule has 1 aromatic carbocycles. The average Bonchev–Trinajstić information content (AvgIpc) is 3.45. The number of nitrogens with zero attached hydrogens (tertiary/aromatic N) is 4. The van der Waals surface area contributed by atoms with Crippen LogP contribution in [0.3, 0.4) is 0 Å². The van der Waals surface area contributed by atoms with Crippen LogP contribution in [0.4, 0.5) is 16.2 Å². The third-order valence-electron chi connectivity index (χ3n) is 6.99. The van der Waals surface area contributed by atoms with Crippen LogP contribution in [0.1, 0.15) is 31.6 Å². The number of imidazole rings is 1. The van der Waals surface area contributed by atoms with E-state index in [1.165, 1.54) is 17.8 Å². The van der Waals surface area contributed by atoms with E-state index in [1.54, 1.807) is 7.05 Å². The fraction of sp³-hybridized carbons (Fsp3) is 0.393. The number of allylic oxidation sites excluding steroid dienone is 4. The quantitative estimate of drug-likeness (QED) is 0.343. The van der Waals surface area contributed by atoms with Crippen LogP contribution in [-0.4, -0.2) is 68.0 Å². The molecule has 0 saturated carbocycles. The summed E-state index contributed by atoms with van der Waals surface area (Å²) in [6.45, 7) is 0.893. The number of amides is 1. The highest BCUT2D eigenvalue weighted by atomic mass is 19.1. The lowest BCUT2D eigenvalue weighted by atomic mass is 9.97. The molecule has 3 N–H and O–H groups in total. The smallest absolute Gasteiger partial charge is 0.306 e. The zero-order chi connectivity index (χ0) is 28.3. The van der Waals surface area contributed by atoms with Crippen molar-refractivity contribution in [2.24, 2.45) is 5.92 Å². The number of carbonyl (C=O) groups is 2. The van der Waals surface area contributed by atoms with Gasteiger partial charge in [0.25, 0.3) is 0 Å². The minimum atomic E-state index is -2.27. The first kappa shape index (κ1) is 27.4. The number of aromatic nitrogens is 4. The van der Waals surface area contributed by atoms with Crippen molar-refractivity contribution in [3.8, 4) is 0 Å². The van der Waals surface area contributed by atoms with Gasteiger partial charge >= 0.3 is 5.97 Å². The molecule has 5 rings (SSSR count). The van der Waals surface area contributed by atoms with Crippen molar-refractivity contribution in [1.29, 1.82) is 0 Å². The molecule has 1 aliphatic heterocycles. The van der Waals surface area contributed by atoms with Gasteiger partial charge in [0.15, 0.2) is 28.9 Å². The van der Waals surface area contributed by atoms with Gasteiger partial charge < -0.3 is 19.9 Å². The molecule has 0 bridgehead atoms. The van der Waals surface area contributed by atoms with Gasteiger partial charge in [0.05, 0.1) is 19.2 Å². The van der Waals surface area contributed by atoms with Gasteiger partial charge in [0.1, 0.15) is 18.8 Å². The van der Waals surface area contributed by atoms with E-state index in [1.807, 2.05) is 54.6 Å². The van der Waals surface area contributed by atoms with E-state index in [9.17, 15) is 14.7 Å². The highest BCUT2D eigenvalue weighted by Gasteiger charge is 2.55. The Labute approximate surface area is 230 Å². The Bertz CT molecular complexity index is 1440. The topological polar surface area (TPSA) is 140 Å². The Morgan fingerprint density at radius 2 is 2.05 bits per heavy atom. The van der Waals surface area contributed by atoms with Gasteiger partial charge in [0.2, 0.25) is 11.9 Å². The summed E-state index contributed by atoms with van der Waals surface area (Å²) < 4.78 is 28.5. The molecule has 1 unspecified atom stereocenters. The summed E-state index contributed by atoms with van der Waals surface area (Å²) in [7, 11) is 1.63. The van der Waals surface area contributed by atoms with Crippen LogP contribution in [0.15, 0.2) is 61.0 Å². The fourth-order valence-corrected chi connectivity index (χ4v) is 4.85. The maximum atomic E-state index is 15.9.